The Kier molecular flexibility index (Phi) is 4.94. The first-order chi connectivity index (χ1) is 10.1. The van der Waals surface area contributed by atoms with E-state index in [9.17, 15) is 4.79 Å². The zero-order chi connectivity index (χ0) is 15.2. The molecule has 1 aromatic carbocycles. The van der Waals surface area contributed by atoms with Crippen molar-refractivity contribution in [3.05, 3.63) is 45.9 Å². The summed E-state index contributed by atoms with van der Waals surface area (Å²) >= 11 is 1.53. The van der Waals surface area contributed by atoms with Crippen molar-refractivity contribution in [3.63, 3.8) is 0 Å². The van der Waals surface area contributed by atoms with Crippen LogP contribution in [0.5, 0.6) is 11.5 Å². The molecule has 6 heteroatoms. The van der Waals surface area contributed by atoms with Crippen LogP contribution in [-0.4, -0.2) is 23.2 Å². The van der Waals surface area contributed by atoms with Gasteiger partial charge in [-0.1, -0.05) is 6.07 Å². The molecule has 21 heavy (non-hydrogen) atoms. The molecule has 110 valence electrons. The molecule has 0 spiro atoms. The number of carboxylic acid groups (broad SMARTS) is 1. The molecule has 1 N–H and O–H groups in total. The maximum Gasteiger partial charge on any atom is 0.328 e. The fraction of sp³-hybridized carbons (Fsp3) is 0.200. The first kappa shape index (κ1) is 15.1. The van der Waals surface area contributed by atoms with Gasteiger partial charge in [-0.3, -0.25) is 0 Å². The van der Waals surface area contributed by atoms with E-state index in [1.165, 1.54) is 17.4 Å². The average Bonchev–Trinajstić information content (AvgIpc) is 2.88. The van der Waals surface area contributed by atoms with Crippen LogP contribution in [0, 0.1) is 6.92 Å². The molecule has 1 heterocycles. The van der Waals surface area contributed by atoms with Gasteiger partial charge < -0.3 is 14.6 Å². The molecule has 2 rings (SSSR count). The van der Waals surface area contributed by atoms with Crippen molar-refractivity contribution in [3.8, 4) is 11.5 Å². The summed E-state index contributed by atoms with van der Waals surface area (Å²) in [6.07, 6.45) is 2.58. The molecule has 0 fully saturated rings. The molecule has 0 aliphatic rings. The predicted octanol–water partition coefficient (Wildman–Crippen LogP) is 3.14. The Hall–Kier alpha value is -2.34. The summed E-state index contributed by atoms with van der Waals surface area (Å²) in [6, 6.07) is 5.24. The van der Waals surface area contributed by atoms with E-state index >= 15 is 0 Å². The maximum absolute atomic E-state index is 10.5. The Bertz CT molecular complexity index is 663. The van der Waals surface area contributed by atoms with E-state index in [2.05, 4.69) is 4.98 Å². The van der Waals surface area contributed by atoms with Gasteiger partial charge in [0, 0.05) is 17.2 Å². The summed E-state index contributed by atoms with van der Waals surface area (Å²) < 4.78 is 11.0. The van der Waals surface area contributed by atoms with Gasteiger partial charge in [-0.05, 0) is 30.7 Å². The van der Waals surface area contributed by atoms with Crippen LogP contribution in [0.15, 0.2) is 29.7 Å². The highest BCUT2D eigenvalue weighted by Gasteiger charge is 2.07. The number of carbonyl (C=O) groups is 1. The highest BCUT2D eigenvalue weighted by Crippen LogP contribution is 2.29. The predicted molar refractivity (Wildman–Crippen MR) is 80.8 cm³/mol. The fourth-order valence-electron chi connectivity index (χ4n) is 1.69. The number of aryl methyl sites for hydroxylation is 1. The highest BCUT2D eigenvalue weighted by molar-refractivity contribution is 7.09. The summed E-state index contributed by atoms with van der Waals surface area (Å²) in [5, 5.41) is 11.5. The number of hydrogen-bond acceptors (Lipinski definition) is 5. The normalized spacial score (nSPS) is 10.8. The van der Waals surface area contributed by atoms with Crippen molar-refractivity contribution in [1.82, 2.24) is 4.98 Å². The number of rotatable bonds is 6. The minimum atomic E-state index is -0.994. The summed E-state index contributed by atoms with van der Waals surface area (Å²) in [4.78, 5) is 14.9. The third-order valence-corrected chi connectivity index (χ3v) is 3.56. The zero-order valence-electron chi connectivity index (χ0n) is 11.7. The van der Waals surface area contributed by atoms with Crippen LogP contribution in [0.2, 0.25) is 0 Å². The van der Waals surface area contributed by atoms with E-state index in [-0.39, 0.29) is 0 Å². The van der Waals surface area contributed by atoms with Crippen molar-refractivity contribution in [2.75, 3.05) is 7.11 Å². The average molecular weight is 305 g/mol. The molecule has 0 radical (unpaired) electrons. The van der Waals surface area contributed by atoms with E-state index < -0.39 is 5.97 Å². The number of carboxylic acids is 1. The molecule has 0 atom stereocenters. The second kappa shape index (κ2) is 6.90. The lowest BCUT2D eigenvalue weighted by Crippen LogP contribution is -1.98. The number of hydrogen-bond donors (Lipinski definition) is 1. The van der Waals surface area contributed by atoms with Crippen molar-refractivity contribution in [2.24, 2.45) is 0 Å². The van der Waals surface area contributed by atoms with Gasteiger partial charge in [-0.2, -0.15) is 0 Å². The molecule has 1 aromatic heterocycles. The number of nitrogens with zero attached hydrogens (tertiary/aromatic N) is 1. The van der Waals surface area contributed by atoms with Crippen molar-refractivity contribution >= 4 is 23.4 Å². The number of benzene rings is 1. The van der Waals surface area contributed by atoms with Gasteiger partial charge in [0.2, 0.25) is 0 Å². The van der Waals surface area contributed by atoms with E-state index in [1.807, 2.05) is 12.3 Å². The van der Waals surface area contributed by atoms with Crippen LogP contribution in [0.4, 0.5) is 0 Å². The molecule has 5 nitrogen and oxygen atoms in total. The molecule has 0 bridgehead atoms. The quantitative estimate of drug-likeness (QED) is 0.830. The van der Waals surface area contributed by atoms with Crippen molar-refractivity contribution < 1.29 is 19.4 Å². The van der Waals surface area contributed by atoms with E-state index in [1.54, 1.807) is 25.3 Å². The first-order valence-electron chi connectivity index (χ1n) is 6.21. The molecule has 0 unspecified atom stereocenters. The van der Waals surface area contributed by atoms with E-state index in [4.69, 9.17) is 14.6 Å². The molecular weight excluding hydrogens is 290 g/mol. The minimum Gasteiger partial charge on any atom is -0.493 e. The zero-order valence-corrected chi connectivity index (χ0v) is 12.5. The lowest BCUT2D eigenvalue weighted by molar-refractivity contribution is -0.131. The number of aromatic nitrogens is 1. The van der Waals surface area contributed by atoms with E-state index in [0.717, 1.165) is 22.3 Å². The Morgan fingerprint density at radius 2 is 2.24 bits per heavy atom. The highest BCUT2D eigenvalue weighted by atomic mass is 32.1. The van der Waals surface area contributed by atoms with Crippen LogP contribution in [0.3, 0.4) is 0 Å². The van der Waals surface area contributed by atoms with Gasteiger partial charge in [0.25, 0.3) is 0 Å². The summed E-state index contributed by atoms with van der Waals surface area (Å²) in [7, 11) is 1.56. The number of aliphatic carboxylic acids is 1. The lowest BCUT2D eigenvalue weighted by atomic mass is 10.2. The van der Waals surface area contributed by atoms with Crippen LogP contribution >= 0.6 is 11.3 Å². The number of ether oxygens (including phenoxy) is 2. The summed E-state index contributed by atoms with van der Waals surface area (Å²) in [5.74, 6) is 0.153. The molecule has 2 aromatic rings. The van der Waals surface area contributed by atoms with Gasteiger partial charge in [0.1, 0.15) is 11.6 Å². The summed E-state index contributed by atoms with van der Waals surface area (Å²) in [6.45, 7) is 2.28. The second-order valence-electron chi connectivity index (χ2n) is 4.25. The Morgan fingerprint density at radius 1 is 1.43 bits per heavy atom. The van der Waals surface area contributed by atoms with Crippen LogP contribution < -0.4 is 9.47 Å². The SMILES string of the molecule is COc1ccc(/C=C/C(=O)O)cc1OCc1nc(C)cs1. The van der Waals surface area contributed by atoms with Crippen molar-refractivity contribution in [1.29, 1.82) is 0 Å². The second-order valence-corrected chi connectivity index (χ2v) is 5.20. The molecular formula is C15H15NO4S. The van der Waals surface area contributed by atoms with Crippen LogP contribution in [0.1, 0.15) is 16.3 Å². The standard InChI is InChI=1S/C15H15NO4S/c1-10-9-21-14(16-10)8-20-13-7-11(4-6-15(17)18)3-5-12(13)19-2/h3-7,9H,8H2,1-2H3,(H,17,18)/b6-4+. The Labute approximate surface area is 126 Å². The van der Waals surface area contributed by atoms with E-state index in [0.29, 0.717) is 18.1 Å². The molecule has 0 saturated carbocycles. The Morgan fingerprint density at radius 3 is 2.86 bits per heavy atom. The van der Waals surface area contributed by atoms with Gasteiger partial charge >= 0.3 is 5.97 Å². The van der Waals surface area contributed by atoms with Crippen LogP contribution in [-0.2, 0) is 11.4 Å². The fourth-order valence-corrected chi connectivity index (χ4v) is 2.37. The molecule has 0 saturated heterocycles. The van der Waals surface area contributed by atoms with Gasteiger partial charge in [0.05, 0.1) is 7.11 Å². The largest absolute Gasteiger partial charge is 0.493 e. The third-order valence-electron chi connectivity index (χ3n) is 2.62. The number of thiazole rings is 1. The van der Waals surface area contributed by atoms with Crippen molar-refractivity contribution in [2.45, 2.75) is 13.5 Å². The smallest absolute Gasteiger partial charge is 0.328 e. The lowest BCUT2D eigenvalue weighted by Gasteiger charge is -2.10. The van der Waals surface area contributed by atoms with Gasteiger partial charge in [-0.25, -0.2) is 9.78 Å². The topological polar surface area (TPSA) is 68.7 Å². The van der Waals surface area contributed by atoms with Gasteiger partial charge in [0.15, 0.2) is 11.5 Å². The molecule has 0 aliphatic heterocycles. The molecule has 0 amide bonds. The van der Waals surface area contributed by atoms with Gasteiger partial charge in [-0.15, -0.1) is 11.3 Å². The number of methoxy groups -OCH3 is 1. The van der Waals surface area contributed by atoms with Crippen LogP contribution in [0.25, 0.3) is 6.08 Å². The maximum atomic E-state index is 10.5. The monoisotopic (exact) mass is 305 g/mol. The first-order valence-corrected chi connectivity index (χ1v) is 7.09. The Balaban J connectivity index is 2.15. The third kappa shape index (κ3) is 4.32. The molecule has 0 aliphatic carbocycles. The minimum absolute atomic E-state index is 0.348. The summed E-state index contributed by atoms with van der Waals surface area (Å²) in [5.41, 5.74) is 1.69.